The van der Waals surface area contributed by atoms with Gasteiger partial charge in [0.2, 0.25) is 0 Å². The molecule has 3 rings (SSSR count). The molecule has 1 aliphatic carbocycles. The molecule has 2 N–H and O–H groups in total. The monoisotopic (exact) mass is 370 g/mol. The molecule has 5 nitrogen and oxygen atoms in total. The van der Waals surface area contributed by atoms with E-state index in [-0.39, 0.29) is 23.3 Å². The van der Waals surface area contributed by atoms with Crippen molar-refractivity contribution < 1.29 is 24.5 Å². The summed E-state index contributed by atoms with van der Waals surface area (Å²) in [6, 6.07) is 10.5. The van der Waals surface area contributed by atoms with Crippen molar-refractivity contribution in [3.05, 3.63) is 47.5 Å². The van der Waals surface area contributed by atoms with Crippen LogP contribution in [0.15, 0.2) is 36.4 Å². The number of methoxy groups -OCH3 is 2. The summed E-state index contributed by atoms with van der Waals surface area (Å²) in [4.78, 5) is 13.0. The highest BCUT2D eigenvalue weighted by atomic mass is 16.5. The predicted molar refractivity (Wildman–Crippen MR) is 103 cm³/mol. The Morgan fingerprint density at radius 3 is 1.70 bits per heavy atom. The zero-order valence-electron chi connectivity index (χ0n) is 15.8. The molecule has 0 saturated heterocycles. The molecule has 5 heteroatoms. The van der Waals surface area contributed by atoms with Crippen molar-refractivity contribution in [1.82, 2.24) is 0 Å². The van der Waals surface area contributed by atoms with Crippen LogP contribution in [0.2, 0.25) is 0 Å². The summed E-state index contributed by atoms with van der Waals surface area (Å²) in [6.07, 6.45) is 4.11. The SMILES string of the molecule is COc1cc(CC2CCCC(Cc3ccc(O)c(OC)c3)C2=O)ccc1O. The zero-order chi connectivity index (χ0) is 19.4. The standard InChI is InChI=1S/C22H26O5/c1-26-20-12-14(6-8-18(20)23)10-16-4-3-5-17(22(16)25)11-15-7-9-19(24)21(13-15)27-2/h6-9,12-13,16-17,23-24H,3-5,10-11H2,1-2H3. The van der Waals surface area contributed by atoms with Gasteiger partial charge in [-0.25, -0.2) is 0 Å². The fourth-order valence-corrected chi connectivity index (χ4v) is 3.90. The predicted octanol–water partition coefficient (Wildman–Crippen LogP) is 3.89. The Bertz CT molecular complexity index is 749. The lowest BCUT2D eigenvalue weighted by Gasteiger charge is -2.28. The highest BCUT2D eigenvalue weighted by Gasteiger charge is 2.31. The molecule has 1 saturated carbocycles. The van der Waals surface area contributed by atoms with Crippen molar-refractivity contribution in [1.29, 1.82) is 0 Å². The molecule has 0 aliphatic heterocycles. The van der Waals surface area contributed by atoms with Gasteiger partial charge in [-0.1, -0.05) is 18.6 Å². The van der Waals surface area contributed by atoms with E-state index in [9.17, 15) is 15.0 Å². The first kappa shape index (κ1) is 19.1. The number of carbonyl (C=O) groups is 1. The molecule has 0 bridgehead atoms. The second-order valence-electron chi connectivity index (χ2n) is 7.15. The number of ether oxygens (including phenoxy) is 2. The molecule has 0 spiro atoms. The normalized spacial score (nSPS) is 19.7. The van der Waals surface area contributed by atoms with Crippen LogP contribution in [0.4, 0.5) is 0 Å². The third kappa shape index (κ3) is 4.35. The van der Waals surface area contributed by atoms with Crippen LogP contribution in [0, 0.1) is 11.8 Å². The molecule has 0 aromatic heterocycles. The first-order valence-electron chi connectivity index (χ1n) is 9.27. The van der Waals surface area contributed by atoms with Crippen LogP contribution in [-0.2, 0) is 17.6 Å². The third-order valence-corrected chi connectivity index (χ3v) is 5.36. The lowest BCUT2D eigenvalue weighted by Crippen LogP contribution is -2.31. The van der Waals surface area contributed by atoms with E-state index < -0.39 is 0 Å². The first-order chi connectivity index (χ1) is 13.0. The molecule has 0 amide bonds. The quantitative estimate of drug-likeness (QED) is 0.807. The summed E-state index contributed by atoms with van der Waals surface area (Å²) in [5, 5.41) is 19.5. The van der Waals surface area contributed by atoms with Crippen LogP contribution in [0.25, 0.3) is 0 Å². The lowest BCUT2D eigenvalue weighted by atomic mass is 9.75. The minimum Gasteiger partial charge on any atom is -0.504 e. The van der Waals surface area contributed by atoms with Crippen LogP contribution in [0.5, 0.6) is 23.0 Å². The van der Waals surface area contributed by atoms with Crippen molar-refractivity contribution in [3.8, 4) is 23.0 Å². The van der Waals surface area contributed by atoms with Gasteiger partial charge in [0.05, 0.1) is 14.2 Å². The molecule has 0 heterocycles. The number of phenols is 2. The molecule has 2 aromatic rings. The minimum absolute atomic E-state index is 0.0167. The van der Waals surface area contributed by atoms with Crippen LogP contribution in [-0.4, -0.2) is 30.2 Å². The number of ketones is 1. The molecule has 2 unspecified atom stereocenters. The maximum Gasteiger partial charge on any atom is 0.160 e. The molecule has 1 aliphatic rings. The smallest absolute Gasteiger partial charge is 0.160 e. The Labute approximate surface area is 159 Å². The maximum absolute atomic E-state index is 13.0. The number of rotatable bonds is 6. The summed E-state index contributed by atoms with van der Waals surface area (Å²) in [7, 11) is 3.04. The lowest BCUT2D eigenvalue weighted by molar-refractivity contribution is -0.129. The minimum atomic E-state index is -0.0167. The van der Waals surface area contributed by atoms with Crippen LogP contribution >= 0.6 is 0 Å². The summed E-state index contributed by atoms with van der Waals surface area (Å²) in [6.45, 7) is 0. The van der Waals surface area contributed by atoms with Gasteiger partial charge in [0.15, 0.2) is 23.0 Å². The average molecular weight is 370 g/mol. The van der Waals surface area contributed by atoms with Gasteiger partial charge >= 0.3 is 0 Å². The number of carbonyl (C=O) groups excluding carboxylic acids is 1. The summed E-state index contributed by atoms with van der Waals surface area (Å²) >= 11 is 0. The summed E-state index contributed by atoms with van der Waals surface area (Å²) in [5.74, 6) is 1.34. The van der Waals surface area contributed by atoms with Crippen molar-refractivity contribution in [2.24, 2.45) is 11.8 Å². The van der Waals surface area contributed by atoms with Gasteiger partial charge in [-0.15, -0.1) is 0 Å². The molecule has 27 heavy (non-hydrogen) atoms. The number of aromatic hydroxyl groups is 2. The summed E-state index contributed by atoms with van der Waals surface area (Å²) < 4.78 is 10.3. The van der Waals surface area contributed by atoms with E-state index in [1.165, 1.54) is 14.2 Å². The molecular weight excluding hydrogens is 344 g/mol. The Hall–Kier alpha value is -2.69. The van der Waals surface area contributed by atoms with E-state index >= 15 is 0 Å². The second-order valence-corrected chi connectivity index (χ2v) is 7.15. The Morgan fingerprint density at radius 2 is 1.30 bits per heavy atom. The Morgan fingerprint density at radius 1 is 0.852 bits per heavy atom. The maximum atomic E-state index is 13.0. The van der Waals surface area contributed by atoms with E-state index in [2.05, 4.69) is 0 Å². The van der Waals surface area contributed by atoms with Gasteiger partial charge < -0.3 is 19.7 Å². The van der Waals surface area contributed by atoms with Crippen molar-refractivity contribution in [2.75, 3.05) is 14.2 Å². The van der Waals surface area contributed by atoms with Gasteiger partial charge in [-0.05, 0) is 61.1 Å². The van der Waals surface area contributed by atoms with E-state index in [1.54, 1.807) is 24.3 Å². The molecule has 1 fully saturated rings. The topological polar surface area (TPSA) is 76.0 Å². The van der Waals surface area contributed by atoms with E-state index in [4.69, 9.17) is 9.47 Å². The van der Waals surface area contributed by atoms with Gasteiger partial charge in [-0.2, -0.15) is 0 Å². The highest BCUT2D eigenvalue weighted by molar-refractivity contribution is 5.84. The van der Waals surface area contributed by atoms with Gasteiger partial charge in [0, 0.05) is 11.8 Å². The number of phenolic OH excluding ortho intramolecular Hbond substituents is 2. The fraction of sp³-hybridized carbons (Fsp3) is 0.409. The zero-order valence-corrected chi connectivity index (χ0v) is 15.8. The van der Waals surface area contributed by atoms with Gasteiger partial charge in [-0.3, -0.25) is 4.79 Å². The van der Waals surface area contributed by atoms with Gasteiger partial charge in [0.25, 0.3) is 0 Å². The van der Waals surface area contributed by atoms with Gasteiger partial charge in [0.1, 0.15) is 5.78 Å². The van der Waals surface area contributed by atoms with E-state index in [1.807, 2.05) is 12.1 Å². The molecule has 2 atom stereocenters. The average Bonchev–Trinajstić information content (AvgIpc) is 2.67. The van der Waals surface area contributed by atoms with Crippen LogP contribution in [0.3, 0.4) is 0 Å². The van der Waals surface area contributed by atoms with Crippen molar-refractivity contribution in [3.63, 3.8) is 0 Å². The van der Waals surface area contributed by atoms with E-state index in [0.29, 0.717) is 30.1 Å². The van der Waals surface area contributed by atoms with Crippen molar-refractivity contribution >= 4 is 5.78 Å². The molecule has 2 aromatic carbocycles. The molecule has 144 valence electrons. The third-order valence-electron chi connectivity index (χ3n) is 5.36. The Kier molecular flexibility index (Phi) is 5.89. The highest BCUT2D eigenvalue weighted by Crippen LogP contribution is 2.34. The van der Waals surface area contributed by atoms with Crippen LogP contribution in [0.1, 0.15) is 30.4 Å². The van der Waals surface area contributed by atoms with Crippen molar-refractivity contribution in [2.45, 2.75) is 32.1 Å². The van der Waals surface area contributed by atoms with E-state index in [0.717, 1.165) is 30.4 Å². The molecule has 0 radical (unpaired) electrons. The number of hydrogen-bond donors (Lipinski definition) is 2. The fourth-order valence-electron chi connectivity index (χ4n) is 3.90. The Balaban J connectivity index is 1.70. The second kappa shape index (κ2) is 8.33. The summed E-state index contributed by atoms with van der Waals surface area (Å²) in [5.41, 5.74) is 1.99. The number of hydrogen-bond acceptors (Lipinski definition) is 5. The number of benzene rings is 2. The largest absolute Gasteiger partial charge is 0.504 e. The molecular formula is C22H26O5. The van der Waals surface area contributed by atoms with Crippen LogP contribution < -0.4 is 9.47 Å². The first-order valence-corrected chi connectivity index (χ1v) is 9.27. The number of Topliss-reactive ketones (excluding diaryl/α,β-unsaturated/α-hetero) is 1.